The average molecular weight is 670 g/mol. The third-order valence-electron chi connectivity index (χ3n) is 6.98. The van der Waals surface area contributed by atoms with Gasteiger partial charge in [0.25, 0.3) is 0 Å². The standard InChI is InChI=1S/C36H64NO8P/c1-3-5-7-9-11-13-15-16-17-18-19-21-22-24-26-28-35(38)42-32-34(33-44-46(40,41)43-31-30-37)45-36(39)29-27-25-23-20-14-12-10-8-6-4-2/h5,7,11,13,16-17,19,21,34H,3-4,6,8-10,12,14-15,18,20,22-33,37H2,1-2H3,(H,40,41)/b7-5+,13-11+,17-16+,21-19+/t34-/m0/s1. The lowest BCUT2D eigenvalue weighted by molar-refractivity contribution is -0.161. The van der Waals surface area contributed by atoms with Gasteiger partial charge in [-0.3, -0.25) is 18.6 Å². The van der Waals surface area contributed by atoms with Gasteiger partial charge in [0, 0.05) is 19.4 Å². The van der Waals surface area contributed by atoms with Crippen LogP contribution >= 0.6 is 7.82 Å². The van der Waals surface area contributed by atoms with E-state index in [1.54, 1.807) is 0 Å². The number of ether oxygens (including phenoxy) is 2. The van der Waals surface area contributed by atoms with Crippen molar-refractivity contribution in [1.29, 1.82) is 0 Å². The second kappa shape index (κ2) is 32.9. The molecule has 0 radical (unpaired) electrons. The molecular weight excluding hydrogens is 605 g/mol. The van der Waals surface area contributed by atoms with E-state index in [0.29, 0.717) is 12.8 Å². The third kappa shape index (κ3) is 31.9. The van der Waals surface area contributed by atoms with E-state index in [1.165, 1.54) is 38.5 Å². The first-order chi connectivity index (χ1) is 22.3. The summed E-state index contributed by atoms with van der Waals surface area (Å²) < 4.78 is 32.5. The van der Waals surface area contributed by atoms with Crippen LogP contribution in [0.4, 0.5) is 0 Å². The number of carbonyl (C=O) groups is 2. The van der Waals surface area contributed by atoms with Gasteiger partial charge in [0.2, 0.25) is 0 Å². The Bertz CT molecular complexity index is 902. The molecule has 0 aromatic rings. The van der Waals surface area contributed by atoms with E-state index in [-0.39, 0.29) is 32.6 Å². The summed E-state index contributed by atoms with van der Waals surface area (Å²) >= 11 is 0. The number of phosphoric ester groups is 1. The van der Waals surface area contributed by atoms with Crippen LogP contribution in [0.3, 0.4) is 0 Å². The lowest BCUT2D eigenvalue weighted by atomic mass is 10.1. The van der Waals surface area contributed by atoms with Gasteiger partial charge in [-0.25, -0.2) is 4.57 Å². The highest BCUT2D eigenvalue weighted by Gasteiger charge is 2.25. The molecule has 0 fully saturated rings. The number of esters is 2. The van der Waals surface area contributed by atoms with E-state index in [1.807, 2.05) is 0 Å². The summed E-state index contributed by atoms with van der Waals surface area (Å²) in [5.74, 6) is -0.884. The second-order valence-corrected chi connectivity index (χ2v) is 12.8. The fourth-order valence-corrected chi connectivity index (χ4v) is 5.15. The van der Waals surface area contributed by atoms with E-state index in [2.05, 4.69) is 62.5 Å². The van der Waals surface area contributed by atoms with Gasteiger partial charge in [-0.1, -0.05) is 120 Å². The number of carbonyl (C=O) groups excluding carboxylic acids is 2. The highest BCUT2D eigenvalue weighted by Crippen LogP contribution is 2.43. The maximum absolute atomic E-state index is 12.4. The van der Waals surface area contributed by atoms with E-state index >= 15 is 0 Å². The van der Waals surface area contributed by atoms with Crippen molar-refractivity contribution < 1.29 is 37.6 Å². The van der Waals surface area contributed by atoms with E-state index in [0.717, 1.165) is 57.8 Å². The van der Waals surface area contributed by atoms with Crippen molar-refractivity contribution in [3.05, 3.63) is 48.6 Å². The van der Waals surface area contributed by atoms with Gasteiger partial charge in [0.15, 0.2) is 6.10 Å². The van der Waals surface area contributed by atoms with Gasteiger partial charge in [-0.05, 0) is 51.4 Å². The lowest BCUT2D eigenvalue weighted by Crippen LogP contribution is -2.29. The monoisotopic (exact) mass is 669 g/mol. The van der Waals surface area contributed by atoms with Crippen molar-refractivity contribution in [2.24, 2.45) is 5.73 Å². The van der Waals surface area contributed by atoms with Crippen LogP contribution in [0.5, 0.6) is 0 Å². The third-order valence-corrected chi connectivity index (χ3v) is 7.96. The van der Waals surface area contributed by atoms with Crippen molar-refractivity contribution >= 4 is 19.8 Å². The molecule has 46 heavy (non-hydrogen) atoms. The number of phosphoric acid groups is 1. The molecule has 0 amide bonds. The van der Waals surface area contributed by atoms with E-state index < -0.39 is 32.5 Å². The molecular formula is C36H64NO8P. The largest absolute Gasteiger partial charge is 0.472 e. The molecule has 0 rings (SSSR count). The summed E-state index contributed by atoms with van der Waals surface area (Å²) in [6.45, 7) is 3.52. The second-order valence-electron chi connectivity index (χ2n) is 11.4. The summed E-state index contributed by atoms with van der Waals surface area (Å²) in [5.41, 5.74) is 5.31. The van der Waals surface area contributed by atoms with Gasteiger partial charge in [0.05, 0.1) is 13.2 Å². The summed E-state index contributed by atoms with van der Waals surface area (Å²) in [5, 5.41) is 0. The smallest absolute Gasteiger partial charge is 0.462 e. The number of hydrogen-bond donors (Lipinski definition) is 2. The van der Waals surface area contributed by atoms with Crippen LogP contribution in [0.15, 0.2) is 48.6 Å². The Kier molecular flexibility index (Phi) is 31.4. The molecule has 0 aliphatic carbocycles. The first-order valence-corrected chi connectivity index (χ1v) is 19.1. The SMILES string of the molecule is CC/C=C/C/C=C/C/C=C/C/C=C/CCCCC(=O)OC[C@@H](COP(=O)(O)OCCN)OC(=O)CCCCCCCCCCCC. The molecule has 9 nitrogen and oxygen atoms in total. The Morgan fingerprint density at radius 2 is 1.20 bits per heavy atom. The van der Waals surface area contributed by atoms with Crippen LogP contribution < -0.4 is 5.73 Å². The molecule has 0 saturated heterocycles. The molecule has 266 valence electrons. The zero-order chi connectivity index (χ0) is 34.0. The molecule has 1 unspecified atom stereocenters. The first-order valence-electron chi connectivity index (χ1n) is 17.6. The average Bonchev–Trinajstić information content (AvgIpc) is 3.04. The predicted molar refractivity (Wildman–Crippen MR) is 187 cm³/mol. The quantitative estimate of drug-likeness (QED) is 0.0311. The molecule has 0 aliphatic heterocycles. The van der Waals surface area contributed by atoms with Crippen LogP contribution in [0.2, 0.25) is 0 Å². The maximum atomic E-state index is 12.4. The zero-order valence-electron chi connectivity index (χ0n) is 28.8. The number of hydrogen-bond acceptors (Lipinski definition) is 8. The minimum Gasteiger partial charge on any atom is -0.462 e. The van der Waals surface area contributed by atoms with Gasteiger partial charge in [-0.15, -0.1) is 0 Å². The molecule has 10 heteroatoms. The van der Waals surface area contributed by atoms with E-state index in [4.69, 9.17) is 24.3 Å². The molecule has 2 atom stereocenters. The molecule has 0 heterocycles. The van der Waals surface area contributed by atoms with Crippen molar-refractivity contribution in [2.45, 2.75) is 142 Å². The van der Waals surface area contributed by atoms with Gasteiger partial charge in [-0.2, -0.15) is 0 Å². The maximum Gasteiger partial charge on any atom is 0.472 e. The minimum atomic E-state index is -4.37. The molecule has 0 spiro atoms. The van der Waals surface area contributed by atoms with Crippen LogP contribution in [-0.2, 0) is 32.7 Å². The Labute approximate surface area is 279 Å². The highest BCUT2D eigenvalue weighted by molar-refractivity contribution is 7.47. The van der Waals surface area contributed by atoms with Crippen LogP contribution in [-0.4, -0.2) is 49.3 Å². The van der Waals surface area contributed by atoms with E-state index in [9.17, 15) is 19.0 Å². The summed E-state index contributed by atoms with van der Waals surface area (Å²) in [4.78, 5) is 34.5. The van der Waals surface area contributed by atoms with Gasteiger partial charge in [0.1, 0.15) is 6.61 Å². The number of rotatable bonds is 32. The predicted octanol–water partition coefficient (Wildman–Crippen LogP) is 9.21. The van der Waals surface area contributed by atoms with Crippen LogP contribution in [0.1, 0.15) is 136 Å². The number of nitrogens with two attached hydrogens (primary N) is 1. The molecule has 3 N–H and O–H groups in total. The fourth-order valence-electron chi connectivity index (χ4n) is 4.39. The normalized spacial score (nSPS) is 14.1. The lowest BCUT2D eigenvalue weighted by Gasteiger charge is -2.19. The number of allylic oxidation sites excluding steroid dienone is 8. The van der Waals surface area contributed by atoms with Crippen molar-refractivity contribution in [2.75, 3.05) is 26.4 Å². The van der Waals surface area contributed by atoms with Gasteiger partial charge < -0.3 is 20.1 Å². The molecule has 0 saturated carbocycles. The number of unbranched alkanes of at least 4 members (excludes halogenated alkanes) is 11. The fraction of sp³-hybridized carbons (Fsp3) is 0.722. The molecule has 0 aliphatic rings. The minimum absolute atomic E-state index is 0.0467. The Morgan fingerprint density at radius 1 is 0.674 bits per heavy atom. The van der Waals surface area contributed by atoms with Crippen molar-refractivity contribution in [3.8, 4) is 0 Å². The molecule has 0 aromatic heterocycles. The Balaban J connectivity index is 4.34. The molecule has 0 bridgehead atoms. The Hall–Kier alpha value is -2.03. The van der Waals surface area contributed by atoms with Crippen LogP contribution in [0.25, 0.3) is 0 Å². The first kappa shape index (κ1) is 44.0. The summed E-state index contributed by atoms with van der Waals surface area (Å²) in [6, 6.07) is 0. The summed E-state index contributed by atoms with van der Waals surface area (Å²) in [7, 11) is -4.37. The molecule has 0 aromatic carbocycles. The van der Waals surface area contributed by atoms with Crippen molar-refractivity contribution in [1.82, 2.24) is 0 Å². The topological polar surface area (TPSA) is 134 Å². The highest BCUT2D eigenvalue weighted by atomic mass is 31.2. The van der Waals surface area contributed by atoms with Crippen LogP contribution in [0, 0.1) is 0 Å². The Morgan fingerprint density at radius 3 is 1.78 bits per heavy atom. The van der Waals surface area contributed by atoms with Gasteiger partial charge >= 0.3 is 19.8 Å². The summed E-state index contributed by atoms with van der Waals surface area (Å²) in [6.07, 6.45) is 34.4. The van der Waals surface area contributed by atoms with Crippen molar-refractivity contribution in [3.63, 3.8) is 0 Å². The zero-order valence-corrected chi connectivity index (χ0v) is 29.7.